The van der Waals surface area contributed by atoms with Gasteiger partial charge in [0.2, 0.25) is 0 Å². The van der Waals surface area contributed by atoms with Gasteiger partial charge in [-0.05, 0) is 50.2 Å². The maximum absolute atomic E-state index is 12.6. The molecular formula is C23H22N2O4. The SMILES string of the molecule is CN1CC[C@]23c4c5ccc(OC(=O)c6cccnc6)c4O[C@H]2[C@@H](O)C=C[C@H]3[C@@H]1C5. The molecule has 1 saturated heterocycles. The van der Waals surface area contributed by atoms with Gasteiger partial charge in [-0.25, -0.2) is 4.79 Å². The Labute approximate surface area is 168 Å². The molecule has 2 aromatic rings. The molecule has 0 radical (unpaired) electrons. The Bertz CT molecular complexity index is 1040. The maximum atomic E-state index is 12.6. The van der Waals surface area contributed by atoms with Crippen molar-refractivity contribution >= 4 is 5.97 Å². The Balaban J connectivity index is 1.48. The van der Waals surface area contributed by atoms with Crippen LogP contribution in [0, 0.1) is 5.92 Å². The summed E-state index contributed by atoms with van der Waals surface area (Å²) in [4.78, 5) is 19.0. The average molecular weight is 390 g/mol. The van der Waals surface area contributed by atoms with Crippen LogP contribution >= 0.6 is 0 Å². The van der Waals surface area contributed by atoms with Crippen molar-refractivity contribution < 1.29 is 19.4 Å². The van der Waals surface area contributed by atoms with E-state index in [1.165, 1.54) is 11.8 Å². The molecule has 2 aliphatic carbocycles. The summed E-state index contributed by atoms with van der Waals surface area (Å²) in [5.74, 6) is 0.871. The summed E-state index contributed by atoms with van der Waals surface area (Å²) < 4.78 is 12.1. The number of hydrogen-bond acceptors (Lipinski definition) is 6. The number of hydrogen-bond donors (Lipinski definition) is 1. The summed E-state index contributed by atoms with van der Waals surface area (Å²) >= 11 is 0. The van der Waals surface area contributed by atoms with E-state index in [2.05, 4.69) is 29.1 Å². The second kappa shape index (κ2) is 5.90. The highest BCUT2D eigenvalue weighted by Gasteiger charge is 2.64. The number of likely N-dealkylation sites (N-methyl/N-ethyl adjacent to an activating group) is 1. The number of pyridine rings is 1. The number of aliphatic hydroxyl groups excluding tert-OH is 1. The summed E-state index contributed by atoms with van der Waals surface area (Å²) in [6.07, 6.45) is 7.99. The monoisotopic (exact) mass is 390 g/mol. The number of aromatic nitrogens is 1. The van der Waals surface area contributed by atoms with Gasteiger partial charge in [-0.1, -0.05) is 18.2 Å². The van der Waals surface area contributed by atoms with E-state index < -0.39 is 12.1 Å². The molecule has 0 unspecified atom stereocenters. The molecular weight excluding hydrogens is 368 g/mol. The molecule has 1 spiro atoms. The minimum absolute atomic E-state index is 0.259. The largest absolute Gasteiger partial charge is 0.482 e. The number of piperidine rings is 1. The van der Waals surface area contributed by atoms with Crippen molar-refractivity contribution in [1.82, 2.24) is 9.88 Å². The molecule has 1 N–H and O–H groups in total. The number of carbonyl (C=O) groups excluding carboxylic acids is 1. The van der Waals surface area contributed by atoms with E-state index in [0.717, 1.165) is 24.9 Å². The van der Waals surface area contributed by atoms with Crippen molar-refractivity contribution in [3.05, 3.63) is 65.5 Å². The highest BCUT2D eigenvalue weighted by Crippen LogP contribution is 2.62. The molecule has 1 aromatic heterocycles. The third-order valence-electron chi connectivity index (χ3n) is 7.23. The normalized spacial score (nSPS) is 33.7. The predicted molar refractivity (Wildman–Crippen MR) is 105 cm³/mol. The Morgan fingerprint density at radius 2 is 2.24 bits per heavy atom. The van der Waals surface area contributed by atoms with E-state index in [4.69, 9.17) is 9.47 Å². The zero-order valence-electron chi connectivity index (χ0n) is 16.1. The first-order valence-corrected chi connectivity index (χ1v) is 10.1. The van der Waals surface area contributed by atoms with E-state index in [1.54, 1.807) is 18.3 Å². The van der Waals surface area contributed by atoms with Crippen molar-refractivity contribution in [2.24, 2.45) is 5.92 Å². The summed E-state index contributed by atoms with van der Waals surface area (Å²) in [6, 6.07) is 7.66. The van der Waals surface area contributed by atoms with Crippen LogP contribution in [0.5, 0.6) is 11.5 Å². The number of aliphatic hydroxyl groups is 1. The fraction of sp³-hybridized carbons (Fsp3) is 0.391. The van der Waals surface area contributed by atoms with Gasteiger partial charge in [0.05, 0.1) is 5.56 Å². The van der Waals surface area contributed by atoms with Crippen LogP contribution in [0.1, 0.15) is 27.9 Å². The smallest absolute Gasteiger partial charge is 0.345 e. The lowest BCUT2D eigenvalue weighted by Gasteiger charge is -2.56. The lowest BCUT2D eigenvalue weighted by molar-refractivity contribution is -0.0453. The first-order valence-electron chi connectivity index (χ1n) is 10.1. The van der Waals surface area contributed by atoms with E-state index in [9.17, 15) is 9.90 Å². The number of nitrogens with zero attached hydrogens (tertiary/aromatic N) is 2. The van der Waals surface area contributed by atoms with Gasteiger partial charge in [0, 0.05) is 35.3 Å². The van der Waals surface area contributed by atoms with Crippen LogP contribution in [0.2, 0.25) is 0 Å². The average Bonchev–Trinajstić information content (AvgIpc) is 3.10. The molecule has 2 bridgehead atoms. The molecule has 148 valence electrons. The van der Waals surface area contributed by atoms with Crippen LogP contribution in [0.3, 0.4) is 0 Å². The highest BCUT2D eigenvalue weighted by molar-refractivity contribution is 5.91. The number of esters is 1. The summed E-state index contributed by atoms with van der Waals surface area (Å²) in [5.41, 5.74) is 2.51. The lowest BCUT2D eigenvalue weighted by atomic mass is 9.53. The second-order valence-corrected chi connectivity index (χ2v) is 8.54. The second-order valence-electron chi connectivity index (χ2n) is 8.54. The summed E-state index contributed by atoms with van der Waals surface area (Å²) in [5, 5.41) is 10.8. The van der Waals surface area contributed by atoms with Gasteiger partial charge in [-0.15, -0.1) is 0 Å². The molecule has 6 heteroatoms. The topological polar surface area (TPSA) is 71.9 Å². The van der Waals surface area contributed by atoms with Gasteiger partial charge in [-0.3, -0.25) is 4.98 Å². The fourth-order valence-corrected chi connectivity index (χ4v) is 5.95. The molecule has 1 fully saturated rings. The molecule has 3 heterocycles. The molecule has 2 aliphatic heterocycles. The van der Waals surface area contributed by atoms with Gasteiger partial charge in [-0.2, -0.15) is 0 Å². The zero-order valence-corrected chi connectivity index (χ0v) is 16.1. The van der Waals surface area contributed by atoms with E-state index >= 15 is 0 Å². The van der Waals surface area contributed by atoms with Gasteiger partial charge in [0.25, 0.3) is 0 Å². The van der Waals surface area contributed by atoms with Crippen molar-refractivity contribution in [2.45, 2.75) is 36.5 Å². The number of benzene rings is 1. The predicted octanol–water partition coefficient (Wildman–Crippen LogP) is 2.11. The number of carbonyl (C=O) groups is 1. The molecule has 4 aliphatic rings. The molecule has 0 saturated carbocycles. The van der Waals surface area contributed by atoms with Crippen molar-refractivity contribution in [2.75, 3.05) is 13.6 Å². The van der Waals surface area contributed by atoms with Crippen LogP contribution in [0.15, 0.2) is 48.8 Å². The lowest BCUT2D eigenvalue weighted by Crippen LogP contribution is -2.64. The quantitative estimate of drug-likeness (QED) is 0.481. The molecule has 0 amide bonds. The van der Waals surface area contributed by atoms with E-state index in [0.29, 0.717) is 23.1 Å². The first-order chi connectivity index (χ1) is 14.1. The maximum Gasteiger partial charge on any atom is 0.345 e. The Kier molecular flexibility index (Phi) is 3.50. The summed E-state index contributed by atoms with van der Waals surface area (Å²) in [6.45, 7) is 0.958. The Morgan fingerprint density at radius 1 is 1.34 bits per heavy atom. The van der Waals surface area contributed by atoms with Crippen LogP contribution in [0.25, 0.3) is 0 Å². The van der Waals surface area contributed by atoms with Gasteiger partial charge >= 0.3 is 5.97 Å². The molecule has 1 aromatic carbocycles. The zero-order chi connectivity index (χ0) is 19.8. The molecule has 29 heavy (non-hydrogen) atoms. The minimum atomic E-state index is -0.671. The van der Waals surface area contributed by atoms with Gasteiger partial charge in [0.1, 0.15) is 12.2 Å². The highest BCUT2D eigenvalue weighted by atomic mass is 16.6. The van der Waals surface area contributed by atoms with Crippen LogP contribution in [0.4, 0.5) is 0 Å². The molecule has 5 atom stereocenters. The van der Waals surface area contributed by atoms with Crippen LogP contribution in [-0.4, -0.2) is 52.8 Å². The Hall–Kier alpha value is -2.70. The fourth-order valence-electron chi connectivity index (χ4n) is 5.95. The van der Waals surface area contributed by atoms with Gasteiger partial charge < -0.3 is 19.5 Å². The molecule has 6 rings (SSSR count). The van der Waals surface area contributed by atoms with Crippen LogP contribution in [-0.2, 0) is 11.8 Å². The first kappa shape index (κ1) is 17.2. The molecule has 6 nitrogen and oxygen atoms in total. The van der Waals surface area contributed by atoms with Crippen molar-refractivity contribution in [3.8, 4) is 11.5 Å². The van der Waals surface area contributed by atoms with E-state index in [1.807, 2.05) is 12.1 Å². The Morgan fingerprint density at radius 3 is 3.07 bits per heavy atom. The number of likely N-dealkylation sites (tertiary alicyclic amines) is 1. The third kappa shape index (κ3) is 2.18. The minimum Gasteiger partial charge on any atom is -0.482 e. The standard InChI is InChI=1S/C23H22N2O4/c1-25-10-8-23-15-5-6-17(26)21(23)29-20-18(7-4-13(19(20)23)11-16(15)25)28-22(27)14-3-2-9-24-12-14/h2-7,9,12,15-17,21,26H,8,10-11H2,1H3/t15-,16-,17-,21-,23-/m0/s1. The number of rotatable bonds is 2. The van der Waals surface area contributed by atoms with Crippen molar-refractivity contribution in [3.63, 3.8) is 0 Å². The summed E-state index contributed by atoms with van der Waals surface area (Å²) in [7, 11) is 2.18. The van der Waals surface area contributed by atoms with Crippen molar-refractivity contribution in [1.29, 1.82) is 0 Å². The number of ether oxygens (including phenoxy) is 2. The van der Waals surface area contributed by atoms with Crippen LogP contribution < -0.4 is 9.47 Å². The van der Waals surface area contributed by atoms with Gasteiger partial charge in [0.15, 0.2) is 11.5 Å². The third-order valence-corrected chi connectivity index (χ3v) is 7.23. The van der Waals surface area contributed by atoms with E-state index in [-0.39, 0.29) is 17.4 Å².